The third kappa shape index (κ3) is 0.675. The van der Waals surface area contributed by atoms with Gasteiger partial charge in [0, 0.05) is 11.6 Å². The third-order valence-electron chi connectivity index (χ3n) is 1.32. The van der Waals surface area contributed by atoms with E-state index in [1.54, 1.807) is 18.6 Å². The molecule has 0 saturated carbocycles. The van der Waals surface area contributed by atoms with Crippen molar-refractivity contribution in [1.82, 2.24) is 15.2 Å². The van der Waals surface area contributed by atoms with Gasteiger partial charge in [-0.1, -0.05) is 11.6 Å². The molecule has 2 rings (SSSR count). The Balaban J connectivity index is 2.95. The van der Waals surface area contributed by atoms with Crippen LogP contribution in [0.2, 0.25) is 5.02 Å². The highest BCUT2D eigenvalue weighted by Crippen LogP contribution is 2.18. The van der Waals surface area contributed by atoms with Crippen molar-refractivity contribution in [2.45, 2.75) is 0 Å². The van der Waals surface area contributed by atoms with E-state index >= 15 is 0 Å². The number of hydrogen-bond acceptors (Lipinski definition) is 2. The predicted molar refractivity (Wildman–Crippen MR) is 38.9 cm³/mol. The van der Waals surface area contributed by atoms with E-state index in [9.17, 15) is 0 Å². The van der Waals surface area contributed by atoms with Crippen molar-refractivity contribution >= 4 is 22.5 Å². The maximum absolute atomic E-state index is 5.78. The molecular formula is C6H4ClN3. The van der Waals surface area contributed by atoms with Gasteiger partial charge in [-0.3, -0.25) is 10.1 Å². The van der Waals surface area contributed by atoms with Crippen molar-refractivity contribution in [1.29, 1.82) is 0 Å². The molecule has 0 amide bonds. The van der Waals surface area contributed by atoms with Crippen LogP contribution in [0.5, 0.6) is 0 Å². The lowest BCUT2D eigenvalue weighted by molar-refractivity contribution is 1.11. The van der Waals surface area contributed by atoms with E-state index in [4.69, 9.17) is 11.6 Å². The molecule has 3 nitrogen and oxygen atoms in total. The fourth-order valence-corrected chi connectivity index (χ4v) is 1.04. The molecule has 0 aromatic carbocycles. The first kappa shape index (κ1) is 5.68. The van der Waals surface area contributed by atoms with Crippen molar-refractivity contribution in [2.75, 3.05) is 0 Å². The molecule has 0 fully saturated rings. The Morgan fingerprint density at radius 1 is 1.30 bits per heavy atom. The SMILES string of the molecule is Clc1cncc2[nH]ncc12. The maximum Gasteiger partial charge on any atom is 0.0848 e. The Kier molecular flexibility index (Phi) is 1.11. The predicted octanol–water partition coefficient (Wildman–Crippen LogP) is 1.61. The van der Waals surface area contributed by atoms with E-state index in [0.29, 0.717) is 5.02 Å². The van der Waals surface area contributed by atoms with Crippen molar-refractivity contribution in [3.05, 3.63) is 23.6 Å². The Labute approximate surface area is 62.0 Å². The smallest absolute Gasteiger partial charge is 0.0848 e. The molecular weight excluding hydrogens is 150 g/mol. The number of nitrogens with one attached hydrogen (secondary N) is 1. The Hall–Kier alpha value is -1.09. The van der Waals surface area contributed by atoms with Gasteiger partial charge in [-0.2, -0.15) is 5.10 Å². The molecule has 0 atom stereocenters. The van der Waals surface area contributed by atoms with Gasteiger partial charge in [0.05, 0.1) is 22.9 Å². The molecule has 4 heteroatoms. The van der Waals surface area contributed by atoms with Crippen LogP contribution in [-0.4, -0.2) is 15.2 Å². The van der Waals surface area contributed by atoms with Gasteiger partial charge < -0.3 is 0 Å². The Morgan fingerprint density at radius 3 is 3.00 bits per heavy atom. The molecule has 0 aliphatic carbocycles. The Bertz CT molecular complexity index is 355. The number of pyridine rings is 1. The van der Waals surface area contributed by atoms with Gasteiger partial charge in [0.1, 0.15) is 0 Å². The standard InChI is InChI=1S/C6H4ClN3/c7-5-2-8-3-6-4(5)1-9-10-6/h1-3H,(H,9,10). The van der Waals surface area contributed by atoms with Gasteiger partial charge in [-0.25, -0.2) is 0 Å². The number of aromatic amines is 1. The number of halogens is 1. The quantitative estimate of drug-likeness (QED) is 0.625. The summed E-state index contributed by atoms with van der Waals surface area (Å²) in [4.78, 5) is 3.88. The first-order valence-corrected chi connectivity index (χ1v) is 3.18. The molecule has 2 heterocycles. The van der Waals surface area contributed by atoms with Crippen LogP contribution >= 0.6 is 11.6 Å². The minimum Gasteiger partial charge on any atom is -0.276 e. The molecule has 2 aromatic rings. The minimum absolute atomic E-state index is 0.631. The molecule has 0 unspecified atom stereocenters. The number of fused-ring (bicyclic) bond motifs is 1. The van der Waals surface area contributed by atoms with Gasteiger partial charge in [0.25, 0.3) is 0 Å². The zero-order valence-electron chi connectivity index (χ0n) is 5.00. The van der Waals surface area contributed by atoms with E-state index in [-0.39, 0.29) is 0 Å². The maximum atomic E-state index is 5.78. The van der Waals surface area contributed by atoms with Crippen LogP contribution in [0.3, 0.4) is 0 Å². The molecule has 0 saturated heterocycles. The first-order valence-electron chi connectivity index (χ1n) is 2.80. The average molecular weight is 154 g/mol. The number of hydrogen-bond donors (Lipinski definition) is 1. The van der Waals surface area contributed by atoms with Crippen LogP contribution in [0, 0.1) is 0 Å². The number of nitrogens with zero attached hydrogens (tertiary/aromatic N) is 2. The number of rotatable bonds is 0. The molecule has 0 bridgehead atoms. The Morgan fingerprint density at radius 2 is 2.20 bits per heavy atom. The fraction of sp³-hybridized carbons (Fsp3) is 0. The molecule has 0 aliphatic rings. The van der Waals surface area contributed by atoms with E-state index in [0.717, 1.165) is 10.9 Å². The van der Waals surface area contributed by atoms with Crippen LogP contribution in [0.25, 0.3) is 10.9 Å². The molecule has 1 N–H and O–H groups in total. The van der Waals surface area contributed by atoms with Gasteiger partial charge in [0.15, 0.2) is 0 Å². The van der Waals surface area contributed by atoms with E-state index in [1.807, 2.05) is 0 Å². The van der Waals surface area contributed by atoms with Crippen LogP contribution in [0.4, 0.5) is 0 Å². The number of H-pyrrole nitrogens is 1. The van der Waals surface area contributed by atoms with E-state index < -0.39 is 0 Å². The summed E-state index contributed by atoms with van der Waals surface area (Å²) in [7, 11) is 0. The lowest BCUT2D eigenvalue weighted by Gasteiger charge is -1.87. The molecule has 0 aliphatic heterocycles. The van der Waals surface area contributed by atoms with Crippen molar-refractivity contribution in [3.63, 3.8) is 0 Å². The van der Waals surface area contributed by atoms with Crippen LogP contribution in [0.15, 0.2) is 18.6 Å². The zero-order chi connectivity index (χ0) is 6.97. The summed E-state index contributed by atoms with van der Waals surface area (Å²) in [5.74, 6) is 0. The van der Waals surface area contributed by atoms with Gasteiger partial charge >= 0.3 is 0 Å². The fourth-order valence-electron chi connectivity index (χ4n) is 0.832. The zero-order valence-corrected chi connectivity index (χ0v) is 5.76. The van der Waals surface area contributed by atoms with Crippen LogP contribution in [0.1, 0.15) is 0 Å². The van der Waals surface area contributed by atoms with Crippen molar-refractivity contribution in [3.8, 4) is 0 Å². The third-order valence-corrected chi connectivity index (χ3v) is 1.62. The van der Waals surface area contributed by atoms with Crippen molar-refractivity contribution < 1.29 is 0 Å². The second-order valence-electron chi connectivity index (χ2n) is 1.95. The highest BCUT2D eigenvalue weighted by molar-refractivity contribution is 6.35. The monoisotopic (exact) mass is 153 g/mol. The first-order chi connectivity index (χ1) is 4.88. The summed E-state index contributed by atoms with van der Waals surface area (Å²) < 4.78 is 0. The lowest BCUT2D eigenvalue weighted by Crippen LogP contribution is -1.72. The second kappa shape index (κ2) is 1.95. The average Bonchev–Trinajstić information content (AvgIpc) is 2.36. The molecule has 10 heavy (non-hydrogen) atoms. The summed E-state index contributed by atoms with van der Waals surface area (Å²) in [6.45, 7) is 0. The summed E-state index contributed by atoms with van der Waals surface area (Å²) in [5, 5.41) is 8.12. The summed E-state index contributed by atoms with van der Waals surface area (Å²) >= 11 is 5.78. The van der Waals surface area contributed by atoms with E-state index in [2.05, 4.69) is 15.2 Å². The molecule has 0 spiro atoms. The summed E-state index contributed by atoms with van der Waals surface area (Å²) in [5.41, 5.74) is 0.868. The minimum atomic E-state index is 0.631. The van der Waals surface area contributed by atoms with E-state index in [1.165, 1.54) is 0 Å². The topological polar surface area (TPSA) is 41.6 Å². The highest BCUT2D eigenvalue weighted by atomic mass is 35.5. The molecule has 0 radical (unpaired) electrons. The largest absolute Gasteiger partial charge is 0.276 e. The molecule has 50 valence electrons. The van der Waals surface area contributed by atoms with Crippen LogP contribution in [-0.2, 0) is 0 Å². The van der Waals surface area contributed by atoms with Gasteiger partial charge in [-0.05, 0) is 0 Å². The second-order valence-corrected chi connectivity index (χ2v) is 2.36. The molecule has 2 aromatic heterocycles. The summed E-state index contributed by atoms with van der Waals surface area (Å²) in [6, 6.07) is 0. The normalized spacial score (nSPS) is 10.5. The summed E-state index contributed by atoms with van der Waals surface area (Å²) in [6.07, 6.45) is 4.97. The number of aromatic nitrogens is 3. The van der Waals surface area contributed by atoms with Crippen molar-refractivity contribution in [2.24, 2.45) is 0 Å². The van der Waals surface area contributed by atoms with Gasteiger partial charge in [-0.15, -0.1) is 0 Å². The van der Waals surface area contributed by atoms with Gasteiger partial charge in [0.2, 0.25) is 0 Å². The van der Waals surface area contributed by atoms with Crippen LogP contribution < -0.4 is 0 Å². The lowest BCUT2D eigenvalue weighted by atomic mass is 10.3. The highest BCUT2D eigenvalue weighted by Gasteiger charge is 1.98.